The topological polar surface area (TPSA) is 85.4 Å². The molecule has 0 spiro atoms. The van der Waals surface area contributed by atoms with Crippen LogP contribution >= 0.6 is 0 Å². The molecule has 0 aliphatic heterocycles. The van der Waals surface area contributed by atoms with E-state index >= 15 is 0 Å². The summed E-state index contributed by atoms with van der Waals surface area (Å²) in [6.07, 6.45) is 0. The molecule has 0 aliphatic carbocycles. The number of carbonyl (C=O) groups excluding carboxylic acids is 1. The summed E-state index contributed by atoms with van der Waals surface area (Å²) in [6.45, 7) is 1.74. The van der Waals surface area contributed by atoms with Crippen molar-refractivity contribution in [3.63, 3.8) is 0 Å². The second kappa shape index (κ2) is 5.52. The van der Waals surface area contributed by atoms with Gasteiger partial charge in [0.25, 0.3) is 5.91 Å². The fraction of sp³-hybridized carbons (Fsp3) is 0.154. The Morgan fingerprint density at radius 1 is 1.40 bits per heavy atom. The first-order valence-corrected chi connectivity index (χ1v) is 5.75. The molecule has 2 aromatic rings. The summed E-state index contributed by atoms with van der Waals surface area (Å²) in [7, 11) is 0. The van der Waals surface area contributed by atoms with Crippen molar-refractivity contribution in [2.45, 2.75) is 13.5 Å². The summed E-state index contributed by atoms with van der Waals surface area (Å²) in [5.74, 6) is -1.62. The highest BCUT2D eigenvalue weighted by atomic mass is 19.1. The van der Waals surface area contributed by atoms with E-state index in [1.54, 1.807) is 19.1 Å². The average Bonchev–Trinajstić information content (AvgIpc) is 2.89. The molecule has 0 atom stereocenters. The van der Waals surface area contributed by atoms with Crippen LogP contribution in [0.4, 0.5) is 10.3 Å². The summed E-state index contributed by atoms with van der Waals surface area (Å²) in [4.78, 5) is 21.4. The number of nitrogens with one attached hydrogen (secondary N) is 1. The lowest BCUT2D eigenvalue weighted by Gasteiger charge is -2.04. The van der Waals surface area contributed by atoms with Crippen molar-refractivity contribution in [1.29, 1.82) is 0 Å². The van der Waals surface area contributed by atoms with Gasteiger partial charge in [0.2, 0.25) is 0 Å². The number of furan rings is 1. The van der Waals surface area contributed by atoms with Crippen molar-refractivity contribution in [2.75, 3.05) is 0 Å². The summed E-state index contributed by atoms with van der Waals surface area (Å²) >= 11 is 0. The van der Waals surface area contributed by atoms with Crippen molar-refractivity contribution in [1.82, 2.24) is 5.32 Å². The Kier molecular flexibility index (Phi) is 3.79. The molecule has 1 aromatic heterocycles. The Morgan fingerprint density at radius 2 is 2.15 bits per heavy atom. The standard InChI is InChI=1S/C13H11FN2O4/c1-8-2-3-9(6-10(8)14)7-15-13(17)11-4-5-12(20-11)16(18)19/h2-6H,7H2,1H3,(H,15,17). The molecule has 1 amide bonds. The number of amides is 1. The highest BCUT2D eigenvalue weighted by molar-refractivity contribution is 5.91. The van der Waals surface area contributed by atoms with Gasteiger partial charge in [0.15, 0.2) is 5.76 Å². The first-order valence-electron chi connectivity index (χ1n) is 5.75. The third-order valence-electron chi connectivity index (χ3n) is 2.68. The number of nitrogens with zero attached hydrogens (tertiary/aromatic N) is 1. The minimum atomic E-state index is -0.730. The van der Waals surface area contributed by atoms with Gasteiger partial charge in [0, 0.05) is 6.54 Å². The Morgan fingerprint density at radius 3 is 2.75 bits per heavy atom. The molecule has 0 saturated heterocycles. The number of rotatable bonds is 4. The van der Waals surface area contributed by atoms with Gasteiger partial charge in [-0.3, -0.25) is 14.9 Å². The van der Waals surface area contributed by atoms with E-state index in [4.69, 9.17) is 4.42 Å². The molecular formula is C13H11FN2O4. The molecule has 20 heavy (non-hydrogen) atoms. The normalized spacial score (nSPS) is 10.3. The maximum atomic E-state index is 13.3. The van der Waals surface area contributed by atoms with E-state index in [9.17, 15) is 19.3 Å². The molecule has 6 nitrogen and oxygen atoms in total. The first kappa shape index (κ1) is 13.7. The van der Waals surface area contributed by atoms with Crippen LogP contribution in [-0.2, 0) is 6.54 Å². The first-order chi connectivity index (χ1) is 9.47. The lowest BCUT2D eigenvalue weighted by molar-refractivity contribution is -0.402. The third-order valence-corrected chi connectivity index (χ3v) is 2.68. The van der Waals surface area contributed by atoms with E-state index in [-0.39, 0.29) is 18.1 Å². The molecule has 0 unspecified atom stereocenters. The van der Waals surface area contributed by atoms with E-state index in [2.05, 4.69) is 5.32 Å². The molecule has 0 aliphatic rings. The number of hydrogen-bond donors (Lipinski definition) is 1. The van der Waals surface area contributed by atoms with Crippen LogP contribution in [0.1, 0.15) is 21.7 Å². The fourth-order valence-electron chi connectivity index (χ4n) is 1.56. The minimum Gasteiger partial charge on any atom is -0.395 e. The number of halogens is 1. The van der Waals surface area contributed by atoms with Crippen molar-refractivity contribution in [2.24, 2.45) is 0 Å². The Bertz CT molecular complexity index is 666. The predicted molar refractivity (Wildman–Crippen MR) is 67.7 cm³/mol. The van der Waals surface area contributed by atoms with Gasteiger partial charge < -0.3 is 9.73 Å². The van der Waals surface area contributed by atoms with Gasteiger partial charge in [-0.25, -0.2) is 4.39 Å². The predicted octanol–water partition coefficient (Wildman–Crippen LogP) is 2.57. The summed E-state index contributed by atoms with van der Waals surface area (Å²) in [5, 5.41) is 12.9. The fourth-order valence-corrected chi connectivity index (χ4v) is 1.56. The number of hydrogen-bond acceptors (Lipinski definition) is 4. The maximum Gasteiger partial charge on any atom is 0.433 e. The summed E-state index contributed by atoms with van der Waals surface area (Å²) in [6, 6.07) is 6.92. The monoisotopic (exact) mass is 278 g/mol. The molecule has 0 bridgehead atoms. The van der Waals surface area contributed by atoms with Crippen LogP contribution in [0.25, 0.3) is 0 Å². The number of carbonyl (C=O) groups is 1. The zero-order valence-electron chi connectivity index (χ0n) is 10.6. The highest BCUT2D eigenvalue weighted by Gasteiger charge is 2.16. The Balaban J connectivity index is 2.00. The Hall–Kier alpha value is -2.70. The Labute approximate surface area is 113 Å². The number of nitro groups is 1. The smallest absolute Gasteiger partial charge is 0.395 e. The van der Waals surface area contributed by atoms with Crippen molar-refractivity contribution >= 4 is 11.8 Å². The van der Waals surface area contributed by atoms with Crippen LogP contribution in [0, 0.1) is 22.9 Å². The second-order valence-corrected chi connectivity index (χ2v) is 4.16. The molecule has 2 rings (SSSR count). The third kappa shape index (κ3) is 3.00. The lowest BCUT2D eigenvalue weighted by Crippen LogP contribution is -2.22. The van der Waals surface area contributed by atoms with Crippen LogP contribution in [0.2, 0.25) is 0 Å². The van der Waals surface area contributed by atoms with Gasteiger partial charge in [0.1, 0.15) is 10.7 Å². The lowest BCUT2D eigenvalue weighted by atomic mass is 10.1. The minimum absolute atomic E-state index is 0.102. The van der Waals surface area contributed by atoms with Crippen LogP contribution in [0.3, 0.4) is 0 Å². The molecule has 1 aromatic carbocycles. The molecule has 0 fully saturated rings. The second-order valence-electron chi connectivity index (χ2n) is 4.16. The van der Waals surface area contributed by atoms with Gasteiger partial charge in [-0.15, -0.1) is 0 Å². The summed E-state index contributed by atoms with van der Waals surface area (Å²) < 4.78 is 18.1. The zero-order valence-corrected chi connectivity index (χ0v) is 10.6. The molecule has 1 heterocycles. The van der Waals surface area contributed by atoms with Crippen molar-refractivity contribution < 1.29 is 18.5 Å². The molecule has 7 heteroatoms. The van der Waals surface area contributed by atoms with E-state index in [0.717, 1.165) is 6.07 Å². The molecular weight excluding hydrogens is 267 g/mol. The molecule has 104 valence electrons. The van der Waals surface area contributed by atoms with Gasteiger partial charge in [-0.1, -0.05) is 12.1 Å². The van der Waals surface area contributed by atoms with Gasteiger partial charge in [-0.05, 0) is 30.2 Å². The summed E-state index contributed by atoms with van der Waals surface area (Å²) in [5.41, 5.74) is 1.10. The van der Waals surface area contributed by atoms with Crippen LogP contribution < -0.4 is 5.32 Å². The van der Waals surface area contributed by atoms with Crippen molar-refractivity contribution in [3.8, 4) is 0 Å². The van der Waals surface area contributed by atoms with Crippen molar-refractivity contribution in [3.05, 3.63) is 63.2 Å². The van der Waals surface area contributed by atoms with E-state index in [1.807, 2.05) is 0 Å². The van der Waals surface area contributed by atoms with Gasteiger partial charge in [0.05, 0.1) is 6.07 Å². The molecule has 0 radical (unpaired) electrons. The maximum absolute atomic E-state index is 13.3. The quantitative estimate of drug-likeness (QED) is 0.688. The van der Waals surface area contributed by atoms with E-state index < -0.39 is 16.7 Å². The van der Waals surface area contributed by atoms with E-state index in [1.165, 1.54) is 12.1 Å². The average molecular weight is 278 g/mol. The van der Waals surface area contributed by atoms with Gasteiger partial charge >= 0.3 is 5.88 Å². The SMILES string of the molecule is Cc1ccc(CNC(=O)c2ccc([N+](=O)[O-])o2)cc1F. The number of benzene rings is 1. The van der Waals surface area contributed by atoms with Gasteiger partial charge in [-0.2, -0.15) is 0 Å². The highest BCUT2D eigenvalue weighted by Crippen LogP contribution is 2.15. The largest absolute Gasteiger partial charge is 0.433 e. The molecule has 1 N–H and O–H groups in total. The zero-order chi connectivity index (χ0) is 14.7. The molecule has 0 saturated carbocycles. The van der Waals surface area contributed by atoms with E-state index in [0.29, 0.717) is 11.1 Å². The van der Waals surface area contributed by atoms with Crippen LogP contribution in [-0.4, -0.2) is 10.8 Å². The van der Waals surface area contributed by atoms with Crippen LogP contribution in [0.15, 0.2) is 34.7 Å². The number of aryl methyl sites for hydroxylation is 1. The van der Waals surface area contributed by atoms with Crippen LogP contribution in [0.5, 0.6) is 0 Å².